The van der Waals surface area contributed by atoms with Gasteiger partial charge in [0.25, 0.3) is 0 Å². The Morgan fingerprint density at radius 3 is 2.73 bits per heavy atom. The fraction of sp³-hybridized carbons (Fsp3) is 1.00. The average Bonchev–Trinajstić information content (AvgIpc) is 2.26. The van der Waals surface area contributed by atoms with Crippen molar-refractivity contribution in [1.82, 2.24) is 10.2 Å². The molecule has 1 N–H and O–H groups in total. The Hall–Kier alpha value is 0.270. The smallest absolute Gasteiger partial charge is 0.0218 e. The summed E-state index contributed by atoms with van der Waals surface area (Å²) < 4.78 is 0. The van der Waals surface area contributed by atoms with Crippen LogP contribution in [0.3, 0.4) is 0 Å². The Balaban J connectivity index is 2.34. The molecule has 90 valence electrons. The molecule has 0 aromatic rings. The third-order valence-electron chi connectivity index (χ3n) is 3.40. The molecule has 0 bridgehead atoms. The van der Waals surface area contributed by atoms with Crippen LogP contribution < -0.4 is 5.32 Å². The number of hydrogen-bond donors (Lipinski definition) is 1. The van der Waals surface area contributed by atoms with Crippen LogP contribution in [0, 0.1) is 5.92 Å². The van der Waals surface area contributed by atoms with E-state index in [0.717, 1.165) is 18.5 Å². The van der Waals surface area contributed by atoms with Crippen LogP contribution in [0.5, 0.6) is 0 Å². The number of piperazine rings is 1. The number of nitrogens with one attached hydrogen (secondary N) is 1. The van der Waals surface area contributed by atoms with E-state index in [-0.39, 0.29) is 0 Å². The highest BCUT2D eigenvalue weighted by molar-refractivity contribution is 7.98. The van der Waals surface area contributed by atoms with Crippen LogP contribution in [-0.2, 0) is 0 Å². The molecule has 0 amide bonds. The second kappa shape index (κ2) is 6.77. The summed E-state index contributed by atoms with van der Waals surface area (Å²) in [5, 5.41) is 3.61. The zero-order valence-electron chi connectivity index (χ0n) is 10.6. The normalized spacial score (nSPS) is 25.8. The molecule has 0 aromatic carbocycles. The van der Waals surface area contributed by atoms with Crippen LogP contribution in [0.2, 0.25) is 0 Å². The summed E-state index contributed by atoms with van der Waals surface area (Å²) >= 11 is 1.96. The Labute approximate surface area is 99.2 Å². The summed E-state index contributed by atoms with van der Waals surface area (Å²) in [6.45, 7) is 10.6. The maximum atomic E-state index is 3.61. The van der Waals surface area contributed by atoms with E-state index in [1.165, 1.54) is 25.3 Å². The first kappa shape index (κ1) is 13.3. The minimum absolute atomic E-state index is 0.690. The summed E-state index contributed by atoms with van der Waals surface area (Å²) in [5.41, 5.74) is 0. The number of thioether (sulfide) groups is 1. The lowest BCUT2D eigenvalue weighted by Gasteiger charge is -2.39. The van der Waals surface area contributed by atoms with Gasteiger partial charge in [0.05, 0.1) is 0 Å². The standard InChI is InChI=1S/C12H26N2S/c1-10(2)12-9-14(7-6-13-12)11(3)5-8-15-4/h10-13H,5-9H2,1-4H3. The van der Waals surface area contributed by atoms with Gasteiger partial charge in [0, 0.05) is 31.7 Å². The lowest BCUT2D eigenvalue weighted by atomic mass is 10.0. The lowest BCUT2D eigenvalue weighted by Crippen LogP contribution is -2.55. The summed E-state index contributed by atoms with van der Waals surface area (Å²) in [4.78, 5) is 2.65. The molecule has 0 spiro atoms. The minimum atomic E-state index is 0.690. The Morgan fingerprint density at radius 2 is 2.13 bits per heavy atom. The summed E-state index contributed by atoms with van der Waals surface area (Å²) in [5.74, 6) is 2.04. The van der Waals surface area contributed by atoms with Gasteiger partial charge in [-0.05, 0) is 31.3 Å². The van der Waals surface area contributed by atoms with Crippen LogP contribution in [-0.4, -0.2) is 48.6 Å². The minimum Gasteiger partial charge on any atom is -0.311 e. The molecule has 2 nitrogen and oxygen atoms in total. The average molecular weight is 230 g/mol. The summed E-state index contributed by atoms with van der Waals surface area (Å²) in [6, 6.07) is 1.44. The predicted octanol–water partition coefficient (Wildman–Crippen LogP) is 2.06. The molecule has 15 heavy (non-hydrogen) atoms. The molecule has 1 aliphatic heterocycles. The lowest BCUT2D eigenvalue weighted by molar-refractivity contribution is 0.132. The maximum absolute atomic E-state index is 3.61. The second-order valence-electron chi connectivity index (χ2n) is 4.93. The van der Waals surface area contributed by atoms with Crippen molar-refractivity contribution in [3.8, 4) is 0 Å². The fourth-order valence-corrected chi connectivity index (χ4v) is 2.70. The van der Waals surface area contributed by atoms with Crippen LogP contribution in [0.15, 0.2) is 0 Å². The van der Waals surface area contributed by atoms with Crippen LogP contribution in [0.25, 0.3) is 0 Å². The molecule has 1 rings (SSSR count). The molecule has 0 aliphatic carbocycles. The maximum Gasteiger partial charge on any atom is 0.0218 e. The predicted molar refractivity (Wildman–Crippen MR) is 70.7 cm³/mol. The van der Waals surface area contributed by atoms with Gasteiger partial charge in [0.15, 0.2) is 0 Å². The van der Waals surface area contributed by atoms with Gasteiger partial charge >= 0.3 is 0 Å². The molecular formula is C12H26N2S. The molecule has 1 fully saturated rings. The third kappa shape index (κ3) is 4.33. The molecule has 1 heterocycles. The van der Waals surface area contributed by atoms with Gasteiger partial charge < -0.3 is 5.32 Å². The SMILES string of the molecule is CSCCC(C)N1CCNC(C(C)C)C1. The highest BCUT2D eigenvalue weighted by Gasteiger charge is 2.24. The van der Waals surface area contributed by atoms with Crippen LogP contribution in [0.4, 0.5) is 0 Å². The highest BCUT2D eigenvalue weighted by Crippen LogP contribution is 2.13. The van der Waals surface area contributed by atoms with E-state index in [1.54, 1.807) is 0 Å². The topological polar surface area (TPSA) is 15.3 Å². The summed E-state index contributed by atoms with van der Waals surface area (Å²) in [7, 11) is 0. The molecule has 0 saturated carbocycles. The zero-order chi connectivity index (χ0) is 11.3. The van der Waals surface area contributed by atoms with Gasteiger partial charge in [0.2, 0.25) is 0 Å². The molecule has 1 saturated heterocycles. The van der Waals surface area contributed by atoms with Crippen molar-refractivity contribution in [2.75, 3.05) is 31.6 Å². The van der Waals surface area contributed by atoms with Gasteiger partial charge in [-0.15, -0.1) is 0 Å². The molecular weight excluding hydrogens is 204 g/mol. The van der Waals surface area contributed by atoms with E-state index in [9.17, 15) is 0 Å². The van der Waals surface area contributed by atoms with Gasteiger partial charge in [-0.1, -0.05) is 13.8 Å². The fourth-order valence-electron chi connectivity index (χ4n) is 2.12. The van der Waals surface area contributed by atoms with E-state index >= 15 is 0 Å². The second-order valence-corrected chi connectivity index (χ2v) is 5.92. The first-order valence-corrected chi connectivity index (χ1v) is 7.51. The van der Waals surface area contributed by atoms with Crippen molar-refractivity contribution in [3.05, 3.63) is 0 Å². The van der Waals surface area contributed by atoms with E-state index in [2.05, 4.69) is 37.2 Å². The Morgan fingerprint density at radius 1 is 1.40 bits per heavy atom. The first-order chi connectivity index (χ1) is 7.15. The van der Waals surface area contributed by atoms with Crippen molar-refractivity contribution in [1.29, 1.82) is 0 Å². The molecule has 0 radical (unpaired) electrons. The Bertz CT molecular complexity index is 173. The van der Waals surface area contributed by atoms with Crippen LogP contribution >= 0.6 is 11.8 Å². The quantitative estimate of drug-likeness (QED) is 0.778. The number of nitrogens with zero attached hydrogens (tertiary/aromatic N) is 1. The highest BCUT2D eigenvalue weighted by atomic mass is 32.2. The Kier molecular flexibility index (Phi) is 6.02. The van der Waals surface area contributed by atoms with Crippen molar-refractivity contribution in [3.63, 3.8) is 0 Å². The zero-order valence-corrected chi connectivity index (χ0v) is 11.4. The van der Waals surface area contributed by atoms with Gasteiger partial charge in [-0.2, -0.15) is 11.8 Å². The van der Waals surface area contributed by atoms with E-state index < -0.39 is 0 Å². The van der Waals surface area contributed by atoms with Crippen molar-refractivity contribution in [2.24, 2.45) is 5.92 Å². The van der Waals surface area contributed by atoms with E-state index in [0.29, 0.717) is 6.04 Å². The van der Waals surface area contributed by atoms with Crippen molar-refractivity contribution < 1.29 is 0 Å². The van der Waals surface area contributed by atoms with Gasteiger partial charge in [-0.3, -0.25) is 4.90 Å². The summed E-state index contributed by atoms with van der Waals surface area (Å²) in [6.07, 6.45) is 3.52. The first-order valence-electron chi connectivity index (χ1n) is 6.11. The molecule has 0 aromatic heterocycles. The largest absolute Gasteiger partial charge is 0.311 e. The van der Waals surface area contributed by atoms with Crippen molar-refractivity contribution in [2.45, 2.75) is 39.3 Å². The monoisotopic (exact) mass is 230 g/mol. The molecule has 2 atom stereocenters. The van der Waals surface area contributed by atoms with Crippen LogP contribution in [0.1, 0.15) is 27.2 Å². The van der Waals surface area contributed by atoms with E-state index in [4.69, 9.17) is 0 Å². The molecule has 3 heteroatoms. The van der Waals surface area contributed by atoms with E-state index in [1.807, 2.05) is 11.8 Å². The number of rotatable bonds is 5. The molecule has 2 unspecified atom stereocenters. The molecule has 1 aliphatic rings. The number of hydrogen-bond acceptors (Lipinski definition) is 3. The van der Waals surface area contributed by atoms with Gasteiger partial charge in [0.1, 0.15) is 0 Å². The third-order valence-corrected chi connectivity index (χ3v) is 4.05. The van der Waals surface area contributed by atoms with Gasteiger partial charge in [-0.25, -0.2) is 0 Å². The van der Waals surface area contributed by atoms with Crippen molar-refractivity contribution >= 4 is 11.8 Å².